The van der Waals surface area contributed by atoms with E-state index in [4.69, 9.17) is 13.9 Å². The summed E-state index contributed by atoms with van der Waals surface area (Å²) in [5, 5.41) is 11.2. The summed E-state index contributed by atoms with van der Waals surface area (Å²) in [4.78, 5) is 27.5. The molecule has 2 aromatic carbocycles. The summed E-state index contributed by atoms with van der Waals surface area (Å²) in [5.74, 6) is -0.464. The molecule has 0 saturated carbocycles. The molecule has 1 saturated heterocycles. The molecule has 4 rings (SSSR count). The van der Waals surface area contributed by atoms with Crippen LogP contribution < -0.4 is 9.47 Å². The van der Waals surface area contributed by atoms with Crippen LogP contribution in [0.5, 0.6) is 11.5 Å². The van der Waals surface area contributed by atoms with Crippen molar-refractivity contribution in [1.82, 2.24) is 4.90 Å². The summed E-state index contributed by atoms with van der Waals surface area (Å²) < 4.78 is 16.0. The molecule has 1 unspecified atom stereocenters. The van der Waals surface area contributed by atoms with Gasteiger partial charge in [0.25, 0.3) is 11.7 Å². The fourth-order valence-electron chi connectivity index (χ4n) is 3.74. The van der Waals surface area contributed by atoms with Crippen molar-refractivity contribution in [3.05, 3.63) is 89.4 Å². The highest BCUT2D eigenvalue weighted by Crippen LogP contribution is 2.42. The second-order valence-electron chi connectivity index (χ2n) is 6.98. The number of aliphatic hydroxyl groups excluding tert-OH is 1. The smallest absolute Gasteiger partial charge is 0.296 e. The fourth-order valence-corrected chi connectivity index (χ4v) is 3.74. The van der Waals surface area contributed by atoms with E-state index in [2.05, 4.69) is 0 Å². The molecule has 1 aromatic heterocycles. The number of hydrogen-bond acceptors (Lipinski definition) is 6. The monoisotopic (exact) mass is 419 g/mol. The fraction of sp³-hybridized carbons (Fsp3) is 0.167. The second-order valence-corrected chi connectivity index (χ2v) is 6.98. The number of rotatable bonds is 6. The van der Waals surface area contributed by atoms with Crippen LogP contribution in [0.2, 0.25) is 0 Å². The van der Waals surface area contributed by atoms with Crippen LogP contribution in [0.3, 0.4) is 0 Å². The lowest BCUT2D eigenvalue weighted by atomic mass is 9.95. The summed E-state index contributed by atoms with van der Waals surface area (Å²) in [7, 11) is 2.96. The van der Waals surface area contributed by atoms with E-state index in [9.17, 15) is 14.7 Å². The van der Waals surface area contributed by atoms with Gasteiger partial charge in [0.2, 0.25) is 0 Å². The number of ether oxygens (including phenoxy) is 2. The SMILES string of the molecule is COc1ccc(OC)c(/C(O)=C2\C(=O)C(=O)N(Cc3ccco3)C2c2ccccc2)c1. The molecule has 0 aliphatic carbocycles. The van der Waals surface area contributed by atoms with Crippen LogP contribution in [0.1, 0.15) is 22.9 Å². The molecule has 1 fully saturated rings. The zero-order valence-corrected chi connectivity index (χ0v) is 17.1. The van der Waals surface area contributed by atoms with Crippen LogP contribution in [-0.2, 0) is 16.1 Å². The zero-order valence-electron chi connectivity index (χ0n) is 17.1. The van der Waals surface area contributed by atoms with Gasteiger partial charge >= 0.3 is 0 Å². The van der Waals surface area contributed by atoms with Gasteiger partial charge < -0.3 is 23.9 Å². The number of amides is 1. The van der Waals surface area contributed by atoms with E-state index in [0.29, 0.717) is 22.8 Å². The minimum absolute atomic E-state index is 0.0192. The summed E-state index contributed by atoms with van der Waals surface area (Å²) >= 11 is 0. The third kappa shape index (κ3) is 3.66. The van der Waals surface area contributed by atoms with Gasteiger partial charge in [-0.25, -0.2) is 0 Å². The number of furan rings is 1. The number of benzene rings is 2. The van der Waals surface area contributed by atoms with Gasteiger partial charge in [-0.15, -0.1) is 0 Å². The van der Waals surface area contributed by atoms with E-state index in [0.717, 1.165) is 0 Å². The van der Waals surface area contributed by atoms with E-state index in [1.807, 2.05) is 30.3 Å². The normalized spacial score (nSPS) is 17.7. The quantitative estimate of drug-likeness (QED) is 0.370. The van der Waals surface area contributed by atoms with Gasteiger partial charge in [-0.2, -0.15) is 0 Å². The number of ketones is 1. The van der Waals surface area contributed by atoms with Gasteiger partial charge in [0.05, 0.1) is 44.2 Å². The minimum Gasteiger partial charge on any atom is -0.507 e. The number of likely N-dealkylation sites (tertiary alicyclic amines) is 1. The van der Waals surface area contributed by atoms with Gasteiger partial charge in [-0.1, -0.05) is 30.3 Å². The van der Waals surface area contributed by atoms with Crippen molar-refractivity contribution in [2.45, 2.75) is 12.6 Å². The molecule has 0 radical (unpaired) electrons. The van der Waals surface area contributed by atoms with Gasteiger partial charge in [-0.3, -0.25) is 9.59 Å². The lowest BCUT2D eigenvalue weighted by molar-refractivity contribution is -0.140. The molecule has 158 valence electrons. The highest BCUT2D eigenvalue weighted by atomic mass is 16.5. The molecule has 2 heterocycles. The van der Waals surface area contributed by atoms with Crippen LogP contribution in [0, 0.1) is 0 Å². The van der Waals surface area contributed by atoms with E-state index in [1.165, 1.54) is 25.4 Å². The molecule has 31 heavy (non-hydrogen) atoms. The van der Waals surface area contributed by atoms with Gasteiger partial charge in [0.1, 0.15) is 23.0 Å². The van der Waals surface area contributed by atoms with Crippen LogP contribution in [0.4, 0.5) is 0 Å². The van der Waals surface area contributed by atoms with E-state index >= 15 is 0 Å². The predicted molar refractivity (Wildman–Crippen MR) is 113 cm³/mol. The van der Waals surface area contributed by atoms with Gasteiger partial charge in [0, 0.05) is 0 Å². The molecule has 1 atom stereocenters. The number of carbonyl (C=O) groups is 2. The largest absolute Gasteiger partial charge is 0.507 e. The van der Waals surface area contributed by atoms with E-state index in [-0.39, 0.29) is 23.4 Å². The van der Waals surface area contributed by atoms with Crippen molar-refractivity contribution < 1.29 is 28.6 Å². The summed E-state index contributed by atoms with van der Waals surface area (Å²) in [6.45, 7) is 0.0865. The number of Topliss-reactive ketones (excluding diaryl/α,β-unsaturated/α-hetero) is 1. The molecule has 1 aliphatic heterocycles. The summed E-state index contributed by atoms with van der Waals surface area (Å²) in [6, 6.07) is 16.6. The highest BCUT2D eigenvalue weighted by Gasteiger charge is 2.46. The first-order valence-corrected chi connectivity index (χ1v) is 9.63. The Hall–Kier alpha value is -4.00. The Kier molecular flexibility index (Phi) is 5.49. The molecule has 0 bridgehead atoms. The Morgan fingerprint density at radius 1 is 1.03 bits per heavy atom. The topological polar surface area (TPSA) is 89.2 Å². The minimum atomic E-state index is -0.790. The van der Waals surface area contributed by atoms with Crippen LogP contribution in [0.25, 0.3) is 5.76 Å². The van der Waals surface area contributed by atoms with Crippen LogP contribution >= 0.6 is 0 Å². The third-order valence-corrected chi connectivity index (χ3v) is 5.22. The highest BCUT2D eigenvalue weighted by molar-refractivity contribution is 6.46. The molecule has 3 aromatic rings. The number of nitrogens with zero attached hydrogens (tertiary/aromatic N) is 1. The van der Waals surface area contributed by atoms with Crippen molar-refractivity contribution in [3.8, 4) is 11.5 Å². The molecule has 7 heteroatoms. The van der Waals surface area contributed by atoms with Gasteiger partial charge in [-0.05, 0) is 35.9 Å². The summed E-state index contributed by atoms with van der Waals surface area (Å²) in [5.41, 5.74) is 0.935. The van der Waals surface area contributed by atoms with Crippen molar-refractivity contribution in [2.24, 2.45) is 0 Å². The second kappa shape index (κ2) is 8.39. The van der Waals surface area contributed by atoms with Crippen LogP contribution in [0.15, 0.2) is 76.9 Å². The van der Waals surface area contributed by atoms with E-state index < -0.39 is 17.7 Å². The third-order valence-electron chi connectivity index (χ3n) is 5.22. The van der Waals surface area contributed by atoms with Crippen molar-refractivity contribution in [3.63, 3.8) is 0 Å². The molecule has 1 N–H and O–H groups in total. The molecular weight excluding hydrogens is 398 g/mol. The molecule has 7 nitrogen and oxygen atoms in total. The molecule has 0 spiro atoms. The molecule has 1 amide bonds. The lowest BCUT2D eigenvalue weighted by Crippen LogP contribution is -2.29. The number of carbonyl (C=O) groups excluding carboxylic acids is 2. The first-order chi connectivity index (χ1) is 15.0. The lowest BCUT2D eigenvalue weighted by Gasteiger charge is -2.24. The van der Waals surface area contributed by atoms with Crippen molar-refractivity contribution in [1.29, 1.82) is 0 Å². The maximum absolute atomic E-state index is 13.1. The zero-order chi connectivity index (χ0) is 22.0. The number of methoxy groups -OCH3 is 2. The Morgan fingerprint density at radius 3 is 2.45 bits per heavy atom. The first kappa shape index (κ1) is 20.3. The molecular formula is C24H21NO6. The number of hydrogen-bond donors (Lipinski definition) is 1. The Morgan fingerprint density at radius 2 is 1.81 bits per heavy atom. The summed E-state index contributed by atoms with van der Waals surface area (Å²) in [6.07, 6.45) is 1.50. The Balaban J connectivity index is 1.90. The standard InChI is InChI=1S/C24H21NO6/c1-29-16-10-11-19(30-2)18(13-16)22(26)20-21(15-7-4-3-5-8-15)25(24(28)23(20)27)14-17-9-6-12-31-17/h3-13,21,26H,14H2,1-2H3/b22-20+. The average Bonchev–Trinajstić information content (AvgIpc) is 3.41. The Labute approximate surface area is 179 Å². The van der Waals surface area contributed by atoms with E-state index in [1.54, 1.807) is 30.3 Å². The number of aliphatic hydroxyl groups is 1. The Bertz CT molecular complexity index is 1130. The molecule has 1 aliphatic rings. The maximum atomic E-state index is 13.1. The predicted octanol–water partition coefficient (Wildman–Crippen LogP) is 3.92. The first-order valence-electron chi connectivity index (χ1n) is 9.63. The van der Waals surface area contributed by atoms with Gasteiger partial charge in [0.15, 0.2) is 0 Å². The van der Waals surface area contributed by atoms with Crippen molar-refractivity contribution in [2.75, 3.05) is 14.2 Å². The maximum Gasteiger partial charge on any atom is 0.296 e. The average molecular weight is 419 g/mol. The van der Waals surface area contributed by atoms with Crippen LogP contribution in [-0.4, -0.2) is 35.9 Å². The van der Waals surface area contributed by atoms with Crippen molar-refractivity contribution >= 4 is 17.4 Å².